The largest absolute Gasteiger partial charge is 0.418 e. The van der Waals surface area contributed by atoms with Gasteiger partial charge < -0.3 is 5.73 Å². The second-order valence-corrected chi connectivity index (χ2v) is 3.77. The van der Waals surface area contributed by atoms with Gasteiger partial charge >= 0.3 is 6.18 Å². The monoisotopic (exact) mass is 255 g/mol. The van der Waals surface area contributed by atoms with Gasteiger partial charge in [0.25, 0.3) is 0 Å². The van der Waals surface area contributed by atoms with Crippen molar-refractivity contribution in [2.45, 2.75) is 6.18 Å². The quantitative estimate of drug-likeness (QED) is 0.602. The van der Waals surface area contributed by atoms with E-state index in [1.165, 1.54) is 30.3 Å². The molecule has 5 heteroatoms. The van der Waals surface area contributed by atoms with Crippen molar-refractivity contribution < 1.29 is 17.6 Å². The summed E-state index contributed by atoms with van der Waals surface area (Å²) >= 11 is 0. The average Bonchev–Trinajstić information content (AvgIpc) is 2.28. The molecule has 2 N–H and O–H groups in total. The van der Waals surface area contributed by atoms with Crippen LogP contribution in [0.25, 0.3) is 11.1 Å². The molecule has 0 radical (unpaired) electrons. The van der Waals surface area contributed by atoms with Crippen molar-refractivity contribution in [1.29, 1.82) is 0 Å². The molecule has 0 saturated heterocycles. The van der Waals surface area contributed by atoms with Crippen molar-refractivity contribution in [1.82, 2.24) is 0 Å². The number of hydrogen-bond acceptors (Lipinski definition) is 1. The molecule has 0 aromatic heterocycles. The van der Waals surface area contributed by atoms with E-state index in [9.17, 15) is 17.6 Å². The fourth-order valence-electron chi connectivity index (χ4n) is 1.76. The first-order valence-electron chi connectivity index (χ1n) is 5.11. The fraction of sp³-hybridized carbons (Fsp3) is 0.0769. The normalized spacial score (nSPS) is 11.6. The molecule has 0 saturated carbocycles. The highest BCUT2D eigenvalue weighted by atomic mass is 19.4. The Bertz CT molecular complexity index is 558. The predicted molar refractivity (Wildman–Crippen MR) is 61.3 cm³/mol. The Hall–Kier alpha value is -2.04. The van der Waals surface area contributed by atoms with E-state index in [0.29, 0.717) is 0 Å². The zero-order chi connectivity index (χ0) is 13.3. The van der Waals surface area contributed by atoms with Gasteiger partial charge in [-0.3, -0.25) is 0 Å². The van der Waals surface area contributed by atoms with Gasteiger partial charge in [-0.2, -0.15) is 13.2 Å². The van der Waals surface area contributed by atoms with Crippen LogP contribution in [-0.4, -0.2) is 0 Å². The van der Waals surface area contributed by atoms with Crippen LogP contribution in [0.15, 0.2) is 42.5 Å². The third kappa shape index (κ3) is 2.30. The van der Waals surface area contributed by atoms with Crippen LogP contribution in [0.4, 0.5) is 23.2 Å². The van der Waals surface area contributed by atoms with Crippen molar-refractivity contribution in [3.05, 3.63) is 53.8 Å². The number of nitrogen functional groups attached to an aromatic ring is 1. The maximum Gasteiger partial charge on any atom is 0.418 e. The van der Waals surface area contributed by atoms with Gasteiger partial charge in [0.2, 0.25) is 0 Å². The molecule has 1 nitrogen and oxygen atoms in total. The maximum absolute atomic E-state index is 12.9. The maximum atomic E-state index is 12.9. The summed E-state index contributed by atoms with van der Waals surface area (Å²) in [5.41, 5.74) is 4.37. The lowest BCUT2D eigenvalue weighted by atomic mass is 9.98. The minimum Gasteiger partial charge on any atom is -0.398 e. The van der Waals surface area contributed by atoms with Crippen molar-refractivity contribution in [3.63, 3.8) is 0 Å². The molecule has 0 amide bonds. The smallest absolute Gasteiger partial charge is 0.398 e. The van der Waals surface area contributed by atoms with Gasteiger partial charge in [0.1, 0.15) is 5.82 Å². The first-order valence-corrected chi connectivity index (χ1v) is 5.11. The van der Waals surface area contributed by atoms with Crippen molar-refractivity contribution in [3.8, 4) is 11.1 Å². The molecule has 0 aliphatic heterocycles. The number of halogens is 4. The highest BCUT2D eigenvalue weighted by Gasteiger charge is 2.35. The molecule has 0 bridgehead atoms. The van der Waals surface area contributed by atoms with Crippen molar-refractivity contribution in [2.24, 2.45) is 0 Å². The van der Waals surface area contributed by atoms with Crippen LogP contribution in [0, 0.1) is 5.82 Å². The lowest BCUT2D eigenvalue weighted by Crippen LogP contribution is -2.10. The van der Waals surface area contributed by atoms with Gasteiger partial charge in [0, 0.05) is 5.69 Å². The molecule has 0 aliphatic rings. The summed E-state index contributed by atoms with van der Waals surface area (Å²) < 4.78 is 51.5. The molecular formula is C13H9F4N. The zero-order valence-corrected chi connectivity index (χ0v) is 9.13. The summed E-state index contributed by atoms with van der Waals surface area (Å²) in [6, 6.07) is 8.74. The second-order valence-electron chi connectivity index (χ2n) is 3.77. The molecule has 0 unspecified atom stereocenters. The van der Waals surface area contributed by atoms with Crippen molar-refractivity contribution >= 4 is 5.69 Å². The third-order valence-corrected chi connectivity index (χ3v) is 2.54. The van der Waals surface area contributed by atoms with E-state index in [-0.39, 0.29) is 16.8 Å². The highest BCUT2D eigenvalue weighted by Crippen LogP contribution is 2.40. The minimum absolute atomic E-state index is 0.0532. The molecule has 2 rings (SSSR count). The Morgan fingerprint density at radius 2 is 1.50 bits per heavy atom. The molecular weight excluding hydrogens is 246 g/mol. The Kier molecular flexibility index (Phi) is 2.98. The van der Waals surface area contributed by atoms with Gasteiger partial charge in [-0.15, -0.1) is 0 Å². The number of alkyl halides is 3. The number of rotatable bonds is 1. The molecule has 94 valence electrons. The summed E-state index contributed by atoms with van der Waals surface area (Å²) in [7, 11) is 0. The van der Waals surface area contributed by atoms with Gasteiger partial charge in [-0.1, -0.05) is 24.3 Å². The number of anilines is 1. The van der Waals surface area contributed by atoms with E-state index in [0.717, 1.165) is 12.1 Å². The van der Waals surface area contributed by atoms with Crippen LogP contribution in [0.1, 0.15) is 5.56 Å². The minimum atomic E-state index is -4.55. The van der Waals surface area contributed by atoms with E-state index in [1.807, 2.05) is 0 Å². The van der Waals surface area contributed by atoms with E-state index in [1.54, 1.807) is 0 Å². The average molecular weight is 255 g/mol. The standard InChI is InChI=1S/C13H9F4N/c14-9-6-4-8(5-7-9)10-2-1-3-11(18)12(10)13(15,16)17/h1-7H,18H2. The zero-order valence-electron chi connectivity index (χ0n) is 9.13. The van der Waals surface area contributed by atoms with Crippen molar-refractivity contribution in [2.75, 3.05) is 5.73 Å². The van der Waals surface area contributed by atoms with Crippen LogP contribution >= 0.6 is 0 Å². The summed E-state index contributed by atoms with van der Waals surface area (Å²) in [6.45, 7) is 0. The lowest BCUT2D eigenvalue weighted by molar-refractivity contribution is -0.136. The number of benzene rings is 2. The first kappa shape index (κ1) is 12.4. The molecule has 2 aromatic rings. The van der Waals surface area contributed by atoms with Crippen LogP contribution in [0.3, 0.4) is 0 Å². The molecule has 0 atom stereocenters. The van der Waals surface area contributed by atoms with Crippen LogP contribution in [0.5, 0.6) is 0 Å². The number of nitrogens with two attached hydrogens (primary N) is 1. The van der Waals surface area contributed by atoms with Crippen LogP contribution in [0.2, 0.25) is 0 Å². The molecule has 2 aromatic carbocycles. The fourth-order valence-corrected chi connectivity index (χ4v) is 1.76. The molecule has 0 fully saturated rings. The first-order chi connectivity index (χ1) is 8.39. The summed E-state index contributed by atoms with van der Waals surface area (Å²) in [5, 5.41) is 0. The molecule has 0 aliphatic carbocycles. The van der Waals surface area contributed by atoms with Gasteiger partial charge in [0.15, 0.2) is 0 Å². The Balaban J connectivity index is 2.65. The van der Waals surface area contributed by atoms with E-state index < -0.39 is 17.6 Å². The number of hydrogen-bond donors (Lipinski definition) is 1. The summed E-state index contributed by atoms with van der Waals surface area (Å²) in [5.74, 6) is -0.504. The Morgan fingerprint density at radius 1 is 0.889 bits per heavy atom. The molecule has 0 heterocycles. The highest BCUT2D eigenvalue weighted by molar-refractivity contribution is 5.73. The second kappa shape index (κ2) is 4.33. The van der Waals surface area contributed by atoms with Gasteiger partial charge in [-0.25, -0.2) is 4.39 Å². The Labute approximate surface area is 101 Å². The van der Waals surface area contributed by atoms with E-state index >= 15 is 0 Å². The summed E-state index contributed by atoms with van der Waals surface area (Å²) in [4.78, 5) is 0. The Morgan fingerprint density at radius 3 is 2.06 bits per heavy atom. The van der Waals surface area contributed by atoms with E-state index in [4.69, 9.17) is 5.73 Å². The predicted octanol–water partition coefficient (Wildman–Crippen LogP) is 4.09. The molecule has 18 heavy (non-hydrogen) atoms. The topological polar surface area (TPSA) is 26.0 Å². The molecule has 0 spiro atoms. The lowest BCUT2D eigenvalue weighted by Gasteiger charge is -2.15. The summed E-state index contributed by atoms with van der Waals surface area (Å²) in [6.07, 6.45) is -4.55. The van der Waals surface area contributed by atoms with E-state index in [2.05, 4.69) is 0 Å². The van der Waals surface area contributed by atoms with Gasteiger partial charge in [-0.05, 0) is 29.3 Å². The van der Waals surface area contributed by atoms with Gasteiger partial charge in [0.05, 0.1) is 5.56 Å². The van der Waals surface area contributed by atoms with Crippen LogP contribution in [-0.2, 0) is 6.18 Å². The third-order valence-electron chi connectivity index (χ3n) is 2.54. The van der Waals surface area contributed by atoms with Crippen LogP contribution < -0.4 is 5.73 Å². The SMILES string of the molecule is Nc1cccc(-c2ccc(F)cc2)c1C(F)(F)F.